The van der Waals surface area contributed by atoms with Crippen molar-refractivity contribution in [2.24, 2.45) is 0 Å². The Labute approximate surface area is 86.6 Å². The van der Waals surface area contributed by atoms with Crippen LogP contribution in [0.25, 0.3) is 0 Å². The van der Waals surface area contributed by atoms with Gasteiger partial charge in [-0.25, -0.2) is 8.42 Å². The summed E-state index contributed by atoms with van der Waals surface area (Å²) >= 11 is 0. The van der Waals surface area contributed by atoms with Crippen LogP contribution in [0.15, 0.2) is 0 Å². The third kappa shape index (κ3) is 1.48. The third-order valence-electron chi connectivity index (χ3n) is 4.15. The van der Waals surface area contributed by atoms with Gasteiger partial charge in [0.25, 0.3) is 0 Å². The Morgan fingerprint density at radius 2 is 1.71 bits per heavy atom. The van der Waals surface area contributed by atoms with Gasteiger partial charge in [0.2, 0.25) is 0 Å². The lowest BCUT2D eigenvalue weighted by molar-refractivity contribution is -0.936. The molecule has 2 saturated heterocycles. The standard InChI is InChI=1S/C10H20NO2S/c1-9-10(8-14(9,12)13)11(2)6-4-3-5-7-11/h9-10H,3-8H2,1-2H3/q+1/t9-,10-/m1/s1. The van der Waals surface area contributed by atoms with Gasteiger partial charge in [0, 0.05) is 0 Å². The van der Waals surface area contributed by atoms with E-state index in [0.717, 1.165) is 4.48 Å². The number of piperidine rings is 1. The predicted octanol–water partition coefficient (Wildman–Crippen LogP) is 0.802. The van der Waals surface area contributed by atoms with Gasteiger partial charge >= 0.3 is 0 Å². The van der Waals surface area contributed by atoms with E-state index in [0.29, 0.717) is 11.8 Å². The predicted molar refractivity (Wildman–Crippen MR) is 56.8 cm³/mol. The molecule has 2 rings (SSSR count). The van der Waals surface area contributed by atoms with Gasteiger partial charge in [-0.3, -0.25) is 0 Å². The van der Waals surface area contributed by atoms with Crippen molar-refractivity contribution < 1.29 is 12.9 Å². The Morgan fingerprint density at radius 3 is 2.14 bits per heavy atom. The molecule has 2 atom stereocenters. The average molecular weight is 218 g/mol. The number of sulfone groups is 1. The molecule has 0 saturated carbocycles. The summed E-state index contributed by atoms with van der Waals surface area (Å²) in [4.78, 5) is 0. The van der Waals surface area contributed by atoms with E-state index in [1.54, 1.807) is 0 Å². The van der Waals surface area contributed by atoms with E-state index in [4.69, 9.17) is 0 Å². The van der Waals surface area contributed by atoms with Crippen molar-refractivity contribution in [2.75, 3.05) is 25.9 Å². The minimum Gasteiger partial charge on any atom is -0.322 e. The number of rotatable bonds is 1. The topological polar surface area (TPSA) is 34.1 Å². The molecule has 3 nitrogen and oxygen atoms in total. The summed E-state index contributed by atoms with van der Waals surface area (Å²) in [7, 11) is -0.481. The molecule has 0 unspecified atom stereocenters. The van der Waals surface area contributed by atoms with Crippen molar-refractivity contribution in [1.29, 1.82) is 0 Å². The first-order valence-corrected chi connectivity index (χ1v) is 7.23. The van der Waals surface area contributed by atoms with Gasteiger partial charge in [-0.15, -0.1) is 0 Å². The van der Waals surface area contributed by atoms with E-state index in [9.17, 15) is 8.42 Å². The number of hydrogen-bond donors (Lipinski definition) is 0. The smallest absolute Gasteiger partial charge is 0.164 e. The Bertz CT molecular complexity index is 317. The lowest BCUT2D eigenvalue weighted by Gasteiger charge is -2.50. The average Bonchev–Trinajstić information content (AvgIpc) is 2.15. The van der Waals surface area contributed by atoms with E-state index < -0.39 is 9.84 Å². The normalized spacial score (nSPS) is 40.1. The molecule has 82 valence electrons. The Kier molecular flexibility index (Phi) is 2.39. The molecule has 0 N–H and O–H groups in total. The fourth-order valence-electron chi connectivity index (χ4n) is 2.90. The largest absolute Gasteiger partial charge is 0.322 e. The fraction of sp³-hybridized carbons (Fsp3) is 1.00. The monoisotopic (exact) mass is 218 g/mol. The van der Waals surface area contributed by atoms with Gasteiger partial charge in [-0.1, -0.05) is 0 Å². The molecule has 4 heteroatoms. The molecular formula is C10H20NO2S+. The van der Waals surface area contributed by atoms with Crippen molar-refractivity contribution >= 4 is 9.84 Å². The number of hydrogen-bond acceptors (Lipinski definition) is 2. The maximum absolute atomic E-state index is 11.4. The summed E-state index contributed by atoms with van der Waals surface area (Å²) in [6, 6.07) is 0.375. The van der Waals surface area contributed by atoms with Crippen molar-refractivity contribution in [1.82, 2.24) is 0 Å². The maximum atomic E-state index is 11.4. The highest BCUT2D eigenvalue weighted by molar-refractivity contribution is 7.93. The van der Waals surface area contributed by atoms with E-state index >= 15 is 0 Å². The number of quaternary nitrogens is 1. The Balaban J connectivity index is 2.09. The van der Waals surface area contributed by atoms with Gasteiger partial charge in [0.1, 0.15) is 17.0 Å². The highest BCUT2D eigenvalue weighted by Crippen LogP contribution is 2.33. The molecule has 0 radical (unpaired) electrons. The minimum atomic E-state index is -2.71. The molecular weight excluding hydrogens is 198 g/mol. The van der Waals surface area contributed by atoms with Crippen LogP contribution >= 0.6 is 0 Å². The summed E-state index contributed by atoms with van der Waals surface area (Å²) in [6.07, 6.45) is 3.85. The molecule has 0 aromatic carbocycles. The van der Waals surface area contributed by atoms with Crippen LogP contribution in [0.5, 0.6) is 0 Å². The second kappa shape index (κ2) is 3.20. The number of likely N-dealkylation sites (tertiary alicyclic amines) is 1. The third-order valence-corrected chi connectivity index (χ3v) is 6.40. The Hall–Kier alpha value is -0.0900. The van der Waals surface area contributed by atoms with Crippen LogP contribution in [0.2, 0.25) is 0 Å². The molecule has 2 aliphatic heterocycles. The summed E-state index contributed by atoms with van der Waals surface area (Å²) in [5, 5.41) is -0.106. The molecule has 14 heavy (non-hydrogen) atoms. The van der Waals surface area contributed by atoms with Crippen LogP contribution in [0.1, 0.15) is 26.2 Å². The van der Waals surface area contributed by atoms with Gasteiger partial charge in [-0.05, 0) is 26.2 Å². The molecule has 0 amide bonds. The SMILES string of the molecule is C[C@@H]1[C@H]([N+]2(C)CCCCC2)CS1(=O)=O. The molecule has 0 aliphatic carbocycles. The first kappa shape index (κ1) is 10.4. The van der Waals surface area contributed by atoms with Crippen molar-refractivity contribution in [3.63, 3.8) is 0 Å². The van der Waals surface area contributed by atoms with Crippen molar-refractivity contribution in [2.45, 2.75) is 37.5 Å². The number of nitrogens with zero attached hydrogens (tertiary/aromatic N) is 1. The molecule has 2 heterocycles. The van der Waals surface area contributed by atoms with E-state index in [2.05, 4.69) is 7.05 Å². The van der Waals surface area contributed by atoms with Crippen LogP contribution in [-0.2, 0) is 9.84 Å². The van der Waals surface area contributed by atoms with Crippen LogP contribution in [0, 0.1) is 0 Å². The van der Waals surface area contributed by atoms with Crippen LogP contribution < -0.4 is 0 Å². The van der Waals surface area contributed by atoms with Gasteiger partial charge in [0.15, 0.2) is 9.84 Å². The zero-order chi connectivity index (χ0) is 10.4. The maximum Gasteiger partial charge on any atom is 0.164 e. The molecule has 2 fully saturated rings. The molecule has 0 bridgehead atoms. The van der Waals surface area contributed by atoms with Crippen LogP contribution in [0.3, 0.4) is 0 Å². The van der Waals surface area contributed by atoms with Crippen molar-refractivity contribution in [3.8, 4) is 0 Å². The highest BCUT2D eigenvalue weighted by Gasteiger charge is 2.53. The van der Waals surface area contributed by atoms with E-state index in [-0.39, 0.29) is 5.25 Å². The van der Waals surface area contributed by atoms with E-state index in [1.165, 1.54) is 32.4 Å². The van der Waals surface area contributed by atoms with Gasteiger partial charge < -0.3 is 4.48 Å². The van der Waals surface area contributed by atoms with Crippen LogP contribution in [-0.4, -0.2) is 50.1 Å². The second-order valence-corrected chi connectivity index (χ2v) is 7.49. The lowest BCUT2D eigenvalue weighted by Crippen LogP contribution is -2.68. The van der Waals surface area contributed by atoms with Gasteiger partial charge in [-0.2, -0.15) is 0 Å². The molecule has 0 aromatic heterocycles. The Morgan fingerprint density at radius 1 is 1.14 bits per heavy atom. The first-order valence-electron chi connectivity index (χ1n) is 5.51. The molecule has 2 aliphatic rings. The highest BCUT2D eigenvalue weighted by atomic mass is 32.2. The first-order chi connectivity index (χ1) is 6.46. The molecule has 0 spiro atoms. The fourth-order valence-corrected chi connectivity index (χ4v) is 4.83. The quantitative estimate of drug-likeness (QED) is 0.610. The zero-order valence-corrected chi connectivity index (χ0v) is 9.89. The summed E-state index contributed by atoms with van der Waals surface area (Å²) in [6.45, 7) is 4.22. The summed E-state index contributed by atoms with van der Waals surface area (Å²) < 4.78 is 23.8. The van der Waals surface area contributed by atoms with Crippen molar-refractivity contribution in [3.05, 3.63) is 0 Å². The summed E-state index contributed by atoms with van der Waals surface area (Å²) in [5.41, 5.74) is 0. The van der Waals surface area contributed by atoms with Crippen LogP contribution in [0.4, 0.5) is 0 Å². The molecule has 0 aromatic rings. The summed E-state index contributed by atoms with van der Waals surface area (Å²) in [5.74, 6) is 0.421. The minimum absolute atomic E-state index is 0.106. The second-order valence-electron chi connectivity index (χ2n) is 5.09. The van der Waals surface area contributed by atoms with Gasteiger partial charge in [0.05, 0.1) is 20.1 Å². The van der Waals surface area contributed by atoms with E-state index in [1.807, 2.05) is 6.92 Å². The lowest BCUT2D eigenvalue weighted by atomic mass is 10.0. The zero-order valence-electron chi connectivity index (χ0n) is 9.07.